The molecular weight excluding hydrogens is 297 g/mol. The van der Waals surface area contributed by atoms with Gasteiger partial charge in [-0.3, -0.25) is 4.79 Å². The Kier molecular flexibility index (Phi) is 5.67. The maximum absolute atomic E-state index is 13.2. The second kappa shape index (κ2) is 6.73. The SMILES string of the molecule is CNC(CC(C)(C)C)C(=O)NC(c1ccc(C)o1)C(F)(F)F. The molecule has 2 atom stereocenters. The molecular formula is C15H23F3N2O2. The first-order chi connectivity index (χ1) is 9.94. The van der Waals surface area contributed by atoms with Crippen LogP contribution in [0.5, 0.6) is 0 Å². The topological polar surface area (TPSA) is 54.3 Å². The lowest BCUT2D eigenvalue weighted by atomic mass is 9.87. The summed E-state index contributed by atoms with van der Waals surface area (Å²) in [5.74, 6) is -0.656. The third kappa shape index (κ3) is 5.36. The van der Waals surface area contributed by atoms with E-state index in [1.807, 2.05) is 26.1 Å². The van der Waals surface area contributed by atoms with Crippen molar-refractivity contribution in [1.82, 2.24) is 10.6 Å². The minimum Gasteiger partial charge on any atom is -0.464 e. The van der Waals surface area contributed by atoms with Crippen LogP contribution in [0.25, 0.3) is 0 Å². The number of rotatable bonds is 5. The molecule has 0 bridgehead atoms. The van der Waals surface area contributed by atoms with Crippen LogP contribution in [0, 0.1) is 12.3 Å². The minimum atomic E-state index is -4.63. The maximum Gasteiger partial charge on any atom is 0.415 e. The third-order valence-electron chi connectivity index (χ3n) is 3.14. The average Bonchev–Trinajstić information content (AvgIpc) is 2.76. The number of hydrogen-bond acceptors (Lipinski definition) is 3. The molecule has 4 nitrogen and oxygen atoms in total. The molecule has 7 heteroatoms. The minimum absolute atomic E-state index is 0.194. The van der Waals surface area contributed by atoms with Crippen LogP contribution < -0.4 is 10.6 Å². The number of likely N-dealkylation sites (N-methyl/N-ethyl adjacent to an activating group) is 1. The summed E-state index contributed by atoms with van der Waals surface area (Å²) in [5, 5.41) is 4.80. The Morgan fingerprint density at radius 2 is 1.86 bits per heavy atom. The fourth-order valence-corrected chi connectivity index (χ4v) is 2.10. The molecule has 22 heavy (non-hydrogen) atoms. The summed E-state index contributed by atoms with van der Waals surface area (Å²) < 4.78 is 44.6. The van der Waals surface area contributed by atoms with Gasteiger partial charge in [-0.2, -0.15) is 13.2 Å². The molecule has 1 rings (SSSR count). The van der Waals surface area contributed by atoms with Gasteiger partial charge in [-0.15, -0.1) is 0 Å². The van der Waals surface area contributed by atoms with E-state index in [1.165, 1.54) is 12.1 Å². The van der Waals surface area contributed by atoms with Gasteiger partial charge in [-0.1, -0.05) is 20.8 Å². The van der Waals surface area contributed by atoms with Gasteiger partial charge in [0.15, 0.2) is 6.04 Å². The summed E-state index contributed by atoms with van der Waals surface area (Å²) in [4.78, 5) is 12.2. The lowest BCUT2D eigenvalue weighted by Crippen LogP contribution is -2.48. The molecule has 1 heterocycles. The molecule has 0 saturated carbocycles. The van der Waals surface area contributed by atoms with Crippen LogP contribution in [0.1, 0.15) is 44.8 Å². The quantitative estimate of drug-likeness (QED) is 0.875. The first-order valence-electron chi connectivity index (χ1n) is 7.05. The fourth-order valence-electron chi connectivity index (χ4n) is 2.10. The molecule has 0 aromatic carbocycles. The van der Waals surface area contributed by atoms with Gasteiger partial charge in [-0.05, 0) is 37.9 Å². The Bertz CT molecular complexity index is 504. The van der Waals surface area contributed by atoms with Crippen LogP contribution in [0.15, 0.2) is 16.5 Å². The first-order valence-corrected chi connectivity index (χ1v) is 7.05. The second-order valence-electron chi connectivity index (χ2n) is 6.54. The lowest BCUT2D eigenvalue weighted by Gasteiger charge is -2.27. The van der Waals surface area contributed by atoms with Gasteiger partial charge in [0, 0.05) is 0 Å². The lowest BCUT2D eigenvalue weighted by molar-refractivity contribution is -0.167. The van der Waals surface area contributed by atoms with Gasteiger partial charge in [-0.25, -0.2) is 0 Å². The molecule has 2 N–H and O–H groups in total. The highest BCUT2D eigenvalue weighted by Crippen LogP contribution is 2.34. The number of carbonyl (C=O) groups excluding carboxylic acids is 1. The molecule has 126 valence electrons. The van der Waals surface area contributed by atoms with Gasteiger partial charge in [0.1, 0.15) is 11.5 Å². The number of amides is 1. The zero-order valence-corrected chi connectivity index (χ0v) is 13.5. The standard InChI is InChI=1S/C15H23F3N2O2/c1-9-6-7-11(22-9)12(15(16,17)18)20-13(21)10(19-5)8-14(2,3)4/h6-7,10,12,19H,8H2,1-5H3,(H,20,21). The van der Waals surface area contributed by atoms with Crippen LogP contribution in [0.2, 0.25) is 0 Å². The van der Waals surface area contributed by atoms with Crippen molar-refractivity contribution in [2.24, 2.45) is 5.41 Å². The monoisotopic (exact) mass is 320 g/mol. The van der Waals surface area contributed by atoms with Crippen LogP contribution in [-0.2, 0) is 4.79 Å². The number of hydrogen-bond donors (Lipinski definition) is 2. The Morgan fingerprint density at radius 3 is 2.23 bits per heavy atom. The predicted octanol–water partition coefficient (Wildman–Crippen LogP) is 3.33. The molecule has 0 spiro atoms. The van der Waals surface area contributed by atoms with E-state index in [2.05, 4.69) is 5.32 Å². The summed E-state index contributed by atoms with van der Waals surface area (Å²) in [6.45, 7) is 7.31. The van der Waals surface area contributed by atoms with Gasteiger partial charge < -0.3 is 15.1 Å². The number of alkyl halides is 3. The van der Waals surface area contributed by atoms with Crippen LogP contribution in [-0.4, -0.2) is 25.2 Å². The van der Waals surface area contributed by atoms with Crippen molar-refractivity contribution >= 4 is 5.91 Å². The highest BCUT2D eigenvalue weighted by Gasteiger charge is 2.44. The van der Waals surface area contributed by atoms with Crippen molar-refractivity contribution in [3.63, 3.8) is 0 Å². The van der Waals surface area contributed by atoms with Crippen LogP contribution in [0.4, 0.5) is 13.2 Å². The molecule has 1 aromatic rings. The Hall–Kier alpha value is -1.50. The van der Waals surface area contributed by atoms with Gasteiger partial charge in [0.05, 0.1) is 6.04 Å². The average molecular weight is 320 g/mol. The molecule has 0 saturated heterocycles. The van der Waals surface area contributed by atoms with Gasteiger partial charge in [0.2, 0.25) is 5.91 Å². The normalized spacial score (nSPS) is 15.5. The number of nitrogens with one attached hydrogen (secondary N) is 2. The van der Waals surface area contributed by atoms with Crippen molar-refractivity contribution in [3.05, 3.63) is 23.7 Å². The van der Waals surface area contributed by atoms with Crippen molar-refractivity contribution in [2.75, 3.05) is 7.05 Å². The van der Waals surface area contributed by atoms with E-state index in [4.69, 9.17) is 4.42 Å². The number of halogens is 3. The Labute approximate surface area is 128 Å². The molecule has 0 fully saturated rings. The number of furan rings is 1. The van der Waals surface area contributed by atoms with Gasteiger partial charge >= 0.3 is 6.18 Å². The van der Waals surface area contributed by atoms with E-state index >= 15 is 0 Å². The van der Waals surface area contributed by atoms with E-state index in [1.54, 1.807) is 14.0 Å². The maximum atomic E-state index is 13.2. The zero-order valence-electron chi connectivity index (χ0n) is 13.5. The van der Waals surface area contributed by atoms with E-state index in [9.17, 15) is 18.0 Å². The fraction of sp³-hybridized carbons (Fsp3) is 0.667. The molecule has 1 aromatic heterocycles. The first kappa shape index (κ1) is 18.5. The molecule has 0 aliphatic carbocycles. The van der Waals surface area contributed by atoms with Crippen molar-refractivity contribution in [3.8, 4) is 0 Å². The summed E-state index contributed by atoms with van der Waals surface area (Å²) in [7, 11) is 1.55. The Balaban J connectivity index is 2.92. The van der Waals surface area contributed by atoms with Crippen molar-refractivity contribution in [2.45, 2.75) is 52.4 Å². The highest BCUT2D eigenvalue weighted by atomic mass is 19.4. The summed E-state index contributed by atoms with van der Waals surface area (Å²) >= 11 is 0. The molecule has 2 unspecified atom stereocenters. The van der Waals surface area contributed by atoms with E-state index in [0.29, 0.717) is 12.2 Å². The summed E-state index contributed by atoms with van der Waals surface area (Å²) in [6, 6.07) is -0.193. The molecule has 0 radical (unpaired) electrons. The zero-order chi connectivity index (χ0) is 17.1. The smallest absolute Gasteiger partial charge is 0.415 e. The highest BCUT2D eigenvalue weighted by molar-refractivity contribution is 5.82. The van der Waals surface area contributed by atoms with Crippen molar-refractivity contribution in [1.29, 1.82) is 0 Å². The van der Waals surface area contributed by atoms with Crippen LogP contribution >= 0.6 is 0 Å². The van der Waals surface area contributed by atoms with Gasteiger partial charge in [0.25, 0.3) is 0 Å². The van der Waals surface area contributed by atoms with E-state index in [0.717, 1.165) is 0 Å². The largest absolute Gasteiger partial charge is 0.464 e. The summed E-state index contributed by atoms with van der Waals surface area (Å²) in [5.41, 5.74) is -0.194. The number of carbonyl (C=O) groups is 1. The molecule has 0 aliphatic rings. The summed E-state index contributed by atoms with van der Waals surface area (Å²) in [6.07, 6.45) is -4.21. The third-order valence-corrected chi connectivity index (χ3v) is 3.14. The molecule has 1 amide bonds. The van der Waals surface area contributed by atoms with E-state index in [-0.39, 0.29) is 11.2 Å². The van der Waals surface area contributed by atoms with E-state index < -0.39 is 24.2 Å². The number of aryl methyl sites for hydroxylation is 1. The van der Waals surface area contributed by atoms with Crippen molar-refractivity contribution < 1.29 is 22.4 Å². The van der Waals surface area contributed by atoms with Crippen LogP contribution in [0.3, 0.4) is 0 Å². The molecule has 0 aliphatic heterocycles. The Morgan fingerprint density at radius 1 is 1.27 bits per heavy atom. The predicted molar refractivity (Wildman–Crippen MR) is 77.3 cm³/mol. The second-order valence-corrected chi connectivity index (χ2v) is 6.54.